The highest BCUT2D eigenvalue weighted by molar-refractivity contribution is 6.14. The van der Waals surface area contributed by atoms with Crippen LogP contribution >= 0.6 is 0 Å². The van der Waals surface area contributed by atoms with Crippen LogP contribution in [0.25, 0.3) is 11.8 Å². The number of ether oxygens (including phenoxy) is 1. The number of rotatable bonds is 6. The standard InChI is InChI=1S/C26H24FN3O4/c1-4-34-25(32)19-7-11-22(12-8-19)30-16(2)13-20(17(30)3)14-23-24(31)29(26(33)28-23)15-18-5-9-21(27)10-6-18/h5-14H,4,15H2,1-3H3,(H,28,33). The molecule has 34 heavy (non-hydrogen) atoms. The summed E-state index contributed by atoms with van der Waals surface area (Å²) in [7, 11) is 0. The van der Waals surface area contributed by atoms with Gasteiger partial charge in [-0.1, -0.05) is 12.1 Å². The molecule has 3 amide bonds. The average molecular weight is 461 g/mol. The molecule has 0 radical (unpaired) electrons. The molecule has 0 aliphatic carbocycles. The third kappa shape index (κ3) is 4.47. The summed E-state index contributed by atoms with van der Waals surface area (Å²) in [5.41, 5.74) is 4.71. The molecule has 0 atom stereocenters. The lowest BCUT2D eigenvalue weighted by Crippen LogP contribution is -2.30. The maximum absolute atomic E-state index is 13.1. The minimum atomic E-state index is -0.524. The van der Waals surface area contributed by atoms with Gasteiger partial charge in [0.25, 0.3) is 5.91 Å². The molecule has 2 heterocycles. The fourth-order valence-electron chi connectivity index (χ4n) is 3.94. The number of hydrogen-bond donors (Lipinski definition) is 1. The molecular formula is C26H24FN3O4. The molecule has 1 aliphatic rings. The zero-order chi connectivity index (χ0) is 24.4. The molecule has 0 spiro atoms. The van der Waals surface area contributed by atoms with E-state index < -0.39 is 11.9 Å². The van der Waals surface area contributed by atoms with E-state index >= 15 is 0 Å². The lowest BCUT2D eigenvalue weighted by atomic mass is 10.2. The van der Waals surface area contributed by atoms with E-state index in [4.69, 9.17) is 4.74 Å². The zero-order valence-electron chi connectivity index (χ0n) is 19.1. The van der Waals surface area contributed by atoms with Crippen molar-refractivity contribution >= 4 is 24.0 Å². The van der Waals surface area contributed by atoms with Gasteiger partial charge in [0.2, 0.25) is 0 Å². The summed E-state index contributed by atoms with van der Waals surface area (Å²) in [6.45, 7) is 5.97. The number of carbonyl (C=O) groups is 3. The molecule has 1 N–H and O–H groups in total. The Labute approximate surface area is 196 Å². The first kappa shape index (κ1) is 23.0. The summed E-state index contributed by atoms with van der Waals surface area (Å²) < 4.78 is 20.2. The fraction of sp³-hybridized carbons (Fsp3) is 0.192. The van der Waals surface area contributed by atoms with Crippen molar-refractivity contribution in [1.82, 2.24) is 14.8 Å². The number of imide groups is 1. The van der Waals surface area contributed by atoms with Crippen molar-refractivity contribution < 1.29 is 23.5 Å². The average Bonchev–Trinajstić information content (AvgIpc) is 3.24. The van der Waals surface area contributed by atoms with Gasteiger partial charge in [-0.25, -0.2) is 14.0 Å². The summed E-state index contributed by atoms with van der Waals surface area (Å²) in [4.78, 5) is 38.3. The maximum Gasteiger partial charge on any atom is 0.338 e. The van der Waals surface area contributed by atoms with Gasteiger partial charge in [0, 0.05) is 17.1 Å². The molecule has 1 fully saturated rings. The van der Waals surface area contributed by atoms with E-state index in [2.05, 4.69) is 5.32 Å². The van der Waals surface area contributed by atoms with Crippen molar-refractivity contribution in [2.24, 2.45) is 0 Å². The maximum atomic E-state index is 13.1. The van der Waals surface area contributed by atoms with Gasteiger partial charge in [0.05, 0.1) is 18.7 Å². The van der Waals surface area contributed by atoms with Crippen LogP contribution in [0.2, 0.25) is 0 Å². The molecule has 4 rings (SSSR count). The highest BCUT2D eigenvalue weighted by atomic mass is 19.1. The van der Waals surface area contributed by atoms with Crippen LogP contribution < -0.4 is 5.32 Å². The number of benzene rings is 2. The molecule has 0 bridgehead atoms. The topological polar surface area (TPSA) is 80.6 Å². The molecule has 174 valence electrons. The van der Waals surface area contributed by atoms with Crippen molar-refractivity contribution in [3.63, 3.8) is 0 Å². The number of halogens is 1. The monoisotopic (exact) mass is 461 g/mol. The Bertz CT molecular complexity index is 1290. The van der Waals surface area contributed by atoms with E-state index in [1.807, 2.05) is 36.6 Å². The van der Waals surface area contributed by atoms with Gasteiger partial charge in [-0.15, -0.1) is 0 Å². The van der Waals surface area contributed by atoms with Gasteiger partial charge in [-0.3, -0.25) is 9.69 Å². The smallest absolute Gasteiger partial charge is 0.338 e. The molecule has 2 aromatic carbocycles. The number of carbonyl (C=O) groups excluding carboxylic acids is 3. The summed E-state index contributed by atoms with van der Waals surface area (Å²) in [6.07, 6.45) is 1.65. The van der Waals surface area contributed by atoms with Crippen molar-refractivity contribution in [1.29, 1.82) is 0 Å². The highest BCUT2D eigenvalue weighted by Gasteiger charge is 2.33. The SMILES string of the molecule is CCOC(=O)c1ccc(-n2c(C)cc(C=C3NC(=O)N(Cc4ccc(F)cc4)C3=O)c2C)cc1. The predicted octanol–water partition coefficient (Wildman–Crippen LogP) is 4.50. The normalized spacial score (nSPS) is 14.6. The molecule has 0 saturated carbocycles. The lowest BCUT2D eigenvalue weighted by molar-refractivity contribution is -0.123. The number of amides is 3. The number of urea groups is 1. The Morgan fingerprint density at radius 3 is 2.38 bits per heavy atom. The second kappa shape index (κ2) is 9.35. The van der Waals surface area contributed by atoms with Crippen LogP contribution in [0, 0.1) is 19.7 Å². The van der Waals surface area contributed by atoms with Crippen molar-refractivity contribution in [2.75, 3.05) is 6.61 Å². The summed E-state index contributed by atoms with van der Waals surface area (Å²) >= 11 is 0. The Morgan fingerprint density at radius 2 is 1.74 bits per heavy atom. The van der Waals surface area contributed by atoms with Crippen LogP contribution in [0.3, 0.4) is 0 Å². The van der Waals surface area contributed by atoms with E-state index in [-0.39, 0.29) is 24.0 Å². The number of hydrogen-bond acceptors (Lipinski definition) is 4. The van der Waals surface area contributed by atoms with E-state index in [1.54, 1.807) is 37.3 Å². The molecule has 1 aromatic heterocycles. The molecule has 1 aliphatic heterocycles. The molecular weight excluding hydrogens is 437 g/mol. The Balaban J connectivity index is 1.57. The first-order chi connectivity index (χ1) is 16.3. The van der Waals surface area contributed by atoms with Gasteiger partial charge in [-0.05, 0) is 80.4 Å². The van der Waals surface area contributed by atoms with Crippen molar-refractivity contribution in [3.8, 4) is 5.69 Å². The van der Waals surface area contributed by atoms with Crippen molar-refractivity contribution in [3.05, 3.63) is 94.2 Å². The quantitative estimate of drug-likeness (QED) is 0.333. The third-order valence-electron chi connectivity index (χ3n) is 5.62. The summed E-state index contributed by atoms with van der Waals surface area (Å²) in [5, 5.41) is 2.63. The Morgan fingerprint density at radius 1 is 1.06 bits per heavy atom. The molecule has 8 heteroatoms. The number of nitrogens with one attached hydrogen (secondary N) is 1. The summed E-state index contributed by atoms with van der Waals surface area (Å²) in [5.74, 6) is -1.20. The molecule has 1 saturated heterocycles. The molecule has 3 aromatic rings. The van der Waals surface area contributed by atoms with Gasteiger partial charge < -0.3 is 14.6 Å². The number of aryl methyl sites for hydroxylation is 1. The van der Waals surface area contributed by atoms with E-state index in [0.29, 0.717) is 17.7 Å². The largest absolute Gasteiger partial charge is 0.462 e. The Kier molecular flexibility index (Phi) is 6.32. The minimum absolute atomic E-state index is 0.0497. The highest BCUT2D eigenvalue weighted by Crippen LogP contribution is 2.25. The number of aromatic nitrogens is 1. The van der Waals surface area contributed by atoms with Crippen LogP contribution in [-0.2, 0) is 16.1 Å². The van der Waals surface area contributed by atoms with Gasteiger partial charge in [0.1, 0.15) is 11.5 Å². The number of nitrogens with zero attached hydrogens (tertiary/aromatic N) is 2. The zero-order valence-corrected chi connectivity index (χ0v) is 19.1. The van der Waals surface area contributed by atoms with Gasteiger partial charge >= 0.3 is 12.0 Å². The summed E-state index contributed by atoms with van der Waals surface area (Å²) in [6, 6.07) is 14.1. The van der Waals surface area contributed by atoms with Crippen molar-refractivity contribution in [2.45, 2.75) is 27.3 Å². The van der Waals surface area contributed by atoms with Crippen LogP contribution in [0.1, 0.15) is 39.8 Å². The van der Waals surface area contributed by atoms with Crippen LogP contribution in [0.4, 0.5) is 9.18 Å². The second-order valence-electron chi connectivity index (χ2n) is 7.94. The second-order valence-corrected chi connectivity index (χ2v) is 7.94. The number of esters is 1. The van der Waals surface area contributed by atoms with E-state index in [9.17, 15) is 18.8 Å². The first-order valence-electron chi connectivity index (χ1n) is 10.8. The lowest BCUT2D eigenvalue weighted by Gasteiger charge is -2.11. The van der Waals surface area contributed by atoms with E-state index in [1.165, 1.54) is 12.1 Å². The minimum Gasteiger partial charge on any atom is -0.462 e. The first-order valence-corrected chi connectivity index (χ1v) is 10.8. The fourth-order valence-corrected chi connectivity index (χ4v) is 3.94. The van der Waals surface area contributed by atoms with Gasteiger partial charge in [-0.2, -0.15) is 0 Å². The van der Waals surface area contributed by atoms with Crippen LogP contribution in [0.15, 0.2) is 60.3 Å². The van der Waals surface area contributed by atoms with E-state index in [0.717, 1.165) is 27.5 Å². The third-order valence-corrected chi connectivity index (χ3v) is 5.62. The Hall–Kier alpha value is -4.20. The van der Waals surface area contributed by atoms with Crippen LogP contribution in [-0.4, -0.2) is 34.0 Å². The molecule has 7 nitrogen and oxygen atoms in total. The predicted molar refractivity (Wildman–Crippen MR) is 125 cm³/mol. The molecule has 0 unspecified atom stereocenters. The van der Waals surface area contributed by atoms with Crippen LogP contribution in [0.5, 0.6) is 0 Å². The van der Waals surface area contributed by atoms with Gasteiger partial charge in [0.15, 0.2) is 0 Å².